The number of likely N-dealkylation sites (tertiary alicyclic amines) is 1. The van der Waals surface area contributed by atoms with Crippen molar-refractivity contribution in [2.24, 2.45) is 23.7 Å². The summed E-state index contributed by atoms with van der Waals surface area (Å²) in [7, 11) is 6.26. The summed E-state index contributed by atoms with van der Waals surface area (Å²) in [5, 5.41) is 15.5. The molecule has 10 atom stereocenters. The predicted octanol–water partition coefficient (Wildman–Crippen LogP) is 3.83. The van der Waals surface area contributed by atoms with Crippen molar-refractivity contribution in [3.05, 3.63) is 35.9 Å². The Morgan fingerprint density at radius 3 is 2.00 bits per heavy atom. The first kappa shape index (κ1) is 47.6. The molecule has 1 aliphatic rings. The van der Waals surface area contributed by atoms with Crippen LogP contribution in [0.1, 0.15) is 99.5 Å². The van der Waals surface area contributed by atoms with E-state index in [0.717, 1.165) is 12.0 Å². The van der Waals surface area contributed by atoms with Crippen LogP contribution in [0.5, 0.6) is 0 Å². The van der Waals surface area contributed by atoms with E-state index in [1.165, 1.54) is 19.1 Å². The molecule has 0 spiro atoms. The molecule has 2 rings (SSSR count). The summed E-state index contributed by atoms with van der Waals surface area (Å²) in [5.74, 6) is -2.78. The lowest BCUT2D eigenvalue weighted by molar-refractivity contribution is -0.149. The molecule has 1 fully saturated rings. The van der Waals surface area contributed by atoms with Crippen molar-refractivity contribution < 1.29 is 38.6 Å². The largest absolute Gasteiger partial charge is 0.387 e. The van der Waals surface area contributed by atoms with Crippen LogP contribution in [0.4, 0.5) is 0 Å². The maximum absolute atomic E-state index is 14.3. The molecule has 13 nitrogen and oxygen atoms in total. The number of aliphatic hydroxyl groups excluding tert-OH is 1. The number of amides is 5. The van der Waals surface area contributed by atoms with Crippen LogP contribution in [0.25, 0.3) is 0 Å². The summed E-state index contributed by atoms with van der Waals surface area (Å²) >= 11 is 0. The number of carbonyl (C=O) groups excluding carboxylic acids is 5. The van der Waals surface area contributed by atoms with Crippen LogP contribution in [0.15, 0.2) is 30.3 Å². The molecule has 1 saturated heterocycles. The van der Waals surface area contributed by atoms with Gasteiger partial charge in [0, 0.05) is 46.8 Å². The molecule has 1 heterocycles. The SMILES string of the molecule is CC[C@H](C)[C@@H]([C@@H](CC(=O)N1CCC[C@H]1[C@H](OC)[C@@H](C)C(=O)N[C@H](C)[C@@H](C)c1ccccc1)OC)N(C)C(=O)[C@@H](NC(=O)[C@H](C(C)C)N(C)C(=O)CO)C(C)C. The lowest BCUT2D eigenvalue weighted by atomic mass is 9.89. The number of nitrogens with one attached hydrogen (secondary N) is 2. The zero-order chi connectivity index (χ0) is 41.7. The number of methoxy groups -OCH3 is 2. The van der Waals surface area contributed by atoms with Gasteiger partial charge in [0.05, 0.1) is 36.6 Å². The summed E-state index contributed by atoms with van der Waals surface area (Å²) in [5.41, 5.74) is 1.14. The van der Waals surface area contributed by atoms with Crippen molar-refractivity contribution in [2.45, 2.75) is 136 Å². The maximum atomic E-state index is 14.3. The van der Waals surface area contributed by atoms with E-state index in [0.29, 0.717) is 19.4 Å². The molecule has 312 valence electrons. The number of likely N-dealkylation sites (N-methyl/N-ethyl adjacent to an activating group) is 2. The highest BCUT2D eigenvalue weighted by Crippen LogP contribution is 2.30. The lowest BCUT2D eigenvalue weighted by Gasteiger charge is -2.41. The second-order valence-corrected chi connectivity index (χ2v) is 16.2. The van der Waals surface area contributed by atoms with Crippen LogP contribution in [0, 0.1) is 23.7 Å². The Kier molecular flexibility index (Phi) is 19.3. The molecule has 0 unspecified atom stereocenters. The molecular weight excluding hydrogens is 702 g/mol. The van der Waals surface area contributed by atoms with Crippen molar-refractivity contribution in [2.75, 3.05) is 41.5 Å². The highest BCUT2D eigenvalue weighted by atomic mass is 16.5. The number of hydrogen-bond donors (Lipinski definition) is 3. The minimum absolute atomic E-state index is 0.00442. The molecule has 0 aliphatic carbocycles. The van der Waals surface area contributed by atoms with Crippen molar-refractivity contribution >= 4 is 29.5 Å². The van der Waals surface area contributed by atoms with Gasteiger partial charge < -0.3 is 39.9 Å². The fourth-order valence-electron chi connectivity index (χ4n) is 8.00. The van der Waals surface area contributed by atoms with Gasteiger partial charge in [-0.2, -0.15) is 0 Å². The Bertz CT molecular complexity index is 1390. The zero-order valence-corrected chi connectivity index (χ0v) is 35.7. The highest BCUT2D eigenvalue weighted by Gasteiger charge is 2.43. The van der Waals surface area contributed by atoms with Crippen molar-refractivity contribution in [3.63, 3.8) is 0 Å². The van der Waals surface area contributed by atoms with Gasteiger partial charge in [0.15, 0.2) is 0 Å². The zero-order valence-electron chi connectivity index (χ0n) is 35.7. The van der Waals surface area contributed by atoms with E-state index < -0.39 is 54.7 Å². The van der Waals surface area contributed by atoms with Gasteiger partial charge in [-0.25, -0.2) is 0 Å². The van der Waals surface area contributed by atoms with Crippen LogP contribution >= 0.6 is 0 Å². The molecule has 55 heavy (non-hydrogen) atoms. The van der Waals surface area contributed by atoms with Gasteiger partial charge in [-0.15, -0.1) is 0 Å². The van der Waals surface area contributed by atoms with Crippen molar-refractivity contribution in [1.29, 1.82) is 0 Å². The van der Waals surface area contributed by atoms with Crippen LogP contribution in [-0.4, -0.2) is 133 Å². The molecule has 13 heteroatoms. The molecule has 1 aromatic rings. The van der Waals surface area contributed by atoms with Gasteiger partial charge in [0.1, 0.15) is 18.7 Å². The summed E-state index contributed by atoms with van der Waals surface area (Å²) < 4.78 is 12.0. The van der Waals surface area contributed by atoms with E-state index in [4.69, 9.17) is 9.47 Å². The quantitative estimate of drug-likeness (QED) is 0.170. The van der Waals surface area contributed by atoms with Gasteiger partial charge in [-0.05, 0) is 43.1 Å². The monoisotopic (exact) mass is 774 g/mol. The summed E-state index contributed by atoms with van der Waals surface area (Å²) in [6.45, 7) is 17.0. The Morgan fingerprint density at radius 2 is 1.49 bits per heavy atom. The Morgan fingerprint density at radius 1 is 0.873 bits per heavy atom. The first-order chi connectivity index (χ1) is 25.9. The van der Waals surface area contributed by atoms with E-state index in [9.17, 15) is 29.1 Å². The lowest BCUT2D eigenvalue weighted by Crippen LogP contribution is -2.60. The smallest absolute Gasteiger partial charge is 0.248 e. The first-order valence-corrected chi connectivity index (χ1v) is 20.0. The molecule has 5 amide bonds. The number of hydrogen-bond acceptors (Lipinski definition) is 8. The minimum atomic E-state index is -0.924. The molecule has 1 aromatic carbocycles. The fourth-order valence-corrected chi connectivity index (χ4v) is 8.00. The number of benzene rings is 1. The number of carbonyl (C=O) groups is 5. The molecular formula is C42H71N5O8. The number of aliphatic hydroxyl groups is 1. The van der Waals surface area contributed by atoms with Crippen LogP contribution < -0.4 is 10.6 Å². The van der Waals surface area contributed by atoms with Crippen LogP contribution in [0.2, 0.25) is 0 Å². The van der Waals surface area contributed by atoms with Gasteiger partial charge in [0.25, 0.3) is 0 Å². The van der Waals surface area contributed by atoms with Gasteiger partial charge in [0.2, 0.25) is 29.5 Å². The molecule has 0 saturated carbocycles. The molecule has 0 aromatic heterocycles. The Hall–Kier alpha value is -3.55. The van der Waals surface area contributed by atoms with E-state index >= 15 is 0 Å². The third kappa shape index (κ3) is 12.2. The standard InChI is InChI=1S/C42H71N5O8/c1-14-27(6)38(46(11)42(53)36(25(2)3)44-41(52)37(26(4)5)45(10)35(50)24-48)33(54-12)23-34(49)47-22-18-21-32(47)39(55-13)29(8)40(51)43-30(9)28(7)31-19-16-15-17-20-31/h15-17,19-20,25-30,32-33,36-39,48H,14,18,21-24H2,1-13H3,(H,43,51)(H,44,52)/t27-,28+,29+,30+,32-,33+,36-,37-,38-,39+/m0/s1. The fraction of sp³-hybridized carbons (Fsp3) is 0.738. The third-order valence-electron chi connectivity index (χ3n) is 11.8. The number of nitrogens with zero attached hydrogens (tertiary/aromatic N) is 3. The van der Waals surface area contributed by atoms with Crippen molar-refractivity contribution in [3.8, 4) is 0 Å². The van der Waals surface area contributed by atoms with Gasteiger partial charge >= 0.3 is 0 Å². The average Bonchev–Trinajstić information content (AvgIpc) is 3.65. The Labute approximate surface area is 330 Å². The van der Waals surface area contributed by atoms with E-state index in [1.807, 2.05) is 64.6 Å². The minimum Gasteiger partial charge on any atom is -0.387 e. The van der Waals surface area contributed by atoms with E-state index in [-0.39, 0.29) is 59.9 Å². The topological polar surface area (TPSA) is 158 Å². The van der Waals surface area contributed by atoms with Gasteiger partial charge in [-0.3, -0.25) is 24.0 Å². The third-order valence-corrected chi connectivity index (χ3v) is 11.8. The highest BCUT2D eigenvalue weighted by molar-refractivity contribution is 5.92. The van der Waals surface area contributed by atoms with Crippen LogP contribution in [-0.2, 0) is 33.4 Å². The molecule has 0 radical (unpaired) electrons. The Balaban J connectivity index is 2.28. The molecule has 3 N–H and O–H groups in total. The van der Waals surface area contributed by atoms with E-state index in [1.54, 1.807) is 32.9 Å². The number of rotatable bonds is 21. The second-order valence-electron chi connectivity index (χ2n) is 16.2. The predicted molar refractivity (Wildman–Crippen MR) is 214 cm³/mol. The normalized spacial score (nSPS) is 19.4. The summed E-state index contributed by atoms with van der Waals surface area (Å²) in [6.07, 6.45) is 0.963. The van der Waals surface area contributed by atoms with Crippen molar-refractivity contribution in [1.82, 2.24) is 25.3 Å². The number of ether oxygens (including phenoxy) is 2. The first-order valence-electron chi connectivity index (χ1n) is 20.0. The summed E-state index contributed by atoms with van der Waals surface area (Å²) in [6, 6.07) is 7.29. The second kappa shape index (κ2) is 22.3. The van der Waals surface area contributed by atoms with Gasteiger partial charge in [-0.1, -0.05) is 92.1 Å². The van der Waals surface area contributed by atoms with Crippen LogP contribution in [0.3, 0.4) is 0 Å². The molecule has 1 aliphatic heterocycles. The maximum Gasteiger partial charge on any atom is 0.248 e. The molecule has 0 bridgehead atoms. The average molecular weight is 774 g/mol. The summed E-state index contributed by atoms with van der Waals surface area (Å²) in [4.78, 5) is 72.6. The van der Waals surface area contributed by atoms with E-state index in [2.05, 4.69) is 29.7 Å².